The maximum absolute atomic E-state index is 6.19. The van der Waals surface area contributed by atoms with Crippen molar-refractivity contribution in [1.82, 2.24) is 20.2 Å². The number of tetrazole rings is 1. The lowest BCUT2D eigenvalue weighted by Crippen LogP contribution is -2.08. The lowest BCUT2D eigenvalue weighted by molar-refractivity contribution is 0.282. The van der Waals surface area contributed by atoms with Crippen LogP contribution < -0.4 is 14.8 Å². The van der Waals surface area contributed by atoms with Crippen LogP contribution in [0, 0.1) is 0 Å². The van der Waals surface area contributed by atoms with Crippen molar-refractivity contribution in [2.24, 2.45) is 0 Å². The van der Waals surface area contributed by atoms with Crippen LogP contribution in [0.4, 0.5) is 5.95 Å². The molecular weight excluding hydrogens is 434 g/mol. The van der Waals surface area contributed by atoms with Crippen LogP contribution >= 0.6 is 27.5 Å². The maximum Gasteiger partial charge on any atom is 0.243 e. The number of ether oxygens (including phenoxy) is 2. The van der Waals surface area contributed by atoms with Gasteiger partial charge in [0.2, 0.25) is 5.95 Å². The largest absolute Gasteiger partial charge is 0.493 e. The molecule has 142 valence electrons. The first-order chi connectivity index (χ1) is 13.1. The highest BCUT2D eigenvalue weighted by atomic mass is 79.9. The van der Waals surface area contributed by atoms with Gasteiger partial charge in [-0.05, 0) is 57.0 Å². The predicted octanol–water partition coefficient (Wildman–Crippen LogP) is 4.31. The fourth-order valence-corrected chi connectivity index (χ4v) is 3.30. The molecule has 0 saturated heterocycles. The van der Waals surface area contributed by atoms with Crippen LogP contribution in [0.1, 0.15) is 18.1 Å². The molecule has 0 aliphatic carbocycles. The van der Waals surface area contributed by atoms with E-state index in [-0.39, 0.29) is 0 Å². The summed E-state index contributed by atoms with van der Waals surface area (Å²) in [4.78, 5) is 0. The summed E-state index contributed by atoms with van der Waals surface area (Å²) in [5, 5.41) is 15.4. The smallest absolute Gasteiger partial charge is 0.243 e. The molecule has 0 aliphatic rings. The van der Waals surface area contributed by atoms with Crippen LogP contribution in [-0.4, -0.2) is 27.3 Å². The van der Waals surface area contributed by atoms with Gasteiger partial charge >= 0.3 is 0 Å². The van der Waals surface area contributed by atoms with Crippen molar-refractivity contribution in [3.63, 3.8) is 0 Å². The first-order valence-corrected chi connectivity index (χ1v) is 9.52. The van der Waals surface area contributed by atoms with E-state index in [4.69, 9.17) is 21.1 Å². The molecule has 0 fully saturated rings. The Labute approximate surface area is 170 Å². The van der Waals surface area contributed by atoms with Gasteiger partial charge in [0.15, 0.2) is 11.5 Å². The van der Waals surface area contributed by atoms with Crippen molar-refractivity contribution in [3.8, 4) is 11.5 Å². The summed E-state index contributed by atoms with van der Waals surface area (Å²) < 4.78 is 13.9. The Hall–Kier alpha value is -2.32. The van der Waals surface area contributed by atoms with Gasteiger partial charge in [0, 0.05) is 23.7 Å². The first kappa shape index (κ1) is 19.4. The molecule has 0 amide bonds. The van der Waals surface area contributed by atoms with Crippen molar-refractivity contribution >= 4 is 33.5 Å². The second-order valence-electron chi connectivity index (χ2n) is 5.66. The number of hydrogen-bond donors (Lipinski definition) is 1. The fourth-order valence-electron chi connectivity index (χ4n) is 2.51. The molecule has 0 atom stereocenters. The van der Waals surface area contributed by atoms with Crippen molar-refractivity contribution in [3.05, 3.63) is 57.0 Å². The Kier molecular flexibility index (Phi) is 6.52. The summed E-state index contributed by atoms with van der Waals surface area (Å²) in [5.41, 5.74) is 1.90. The number of aromatic nitrogens is 4. The molecule has 7 nitrogen and oxygen atoms in total. The molecule has 0 unspecified atom stereocenters. The van der Waals surface area contributed by atoms with Crippen LogP contribution in [0.25, 0.3) is 0 Å². The molecule has 27 heavy (non-hydrogen) atoms. The van der Waals surface area contributed by atoms with Gasteiger partial charge in [-0.1, -0.05) is 34.9 Å². The molecule has 3 aromatic rings. The first-order valence-electron chi connectivity index (χ1n) is 8.35. The summed E-state index contributed by atoms with van der Waals surface area (Å²) in [6, 6.07) is 11.5. The Bertz CT molecular complexity index is 919. The van der Waals surface area contributed by atoms with E-state index in [0.717, 1.165) is 15.6 Å². The highest BCUT2D eigenvalue weighted by molar-refractivity contribution is 9.10. The number of nitrogens with one attached hydrogen (secondary N) is 1. The molecule has 0 saturated carbocycles. The van der Waals surface area contributed by atoms with Gasteiger partial charge in [0.25, 0.3) is 0 Å². The van der Waals surface area contributed by atoms with Gasteiger partial charge in [-0.25, -0.2) is 4.68 Å². The molecule has 0 spiro atoms. The number of hydrogen-bond acceptors (Lipinski definition) is 6. The lowest BCUT2D eigenvalue weighted by Gasteiger charge is -2.15. The van der Waals surface area contributed by atoms with E-state index in [1.54, 1.807) is 11.8 Å². The predicted molar refractivity (Wildman–Crippen MR) is 107 cm³/mol. The van der Waals surface area contributed by atoms with Crippen LogP contribution in [-0.2, 0) is 19.7 Å². The van der Waals surface area contributed by atoms with Gasteiger partial charge in [-0.2, -0.15) is 0 Å². The molecule has 0 aliphatic heterocycles. The third-order valence-corrected chi connectivity index (χ3v) is 4.86. The highest BCUT2D eigenvalue weighted by Gasteiger charge is 2.13. The SMILES string of the molecule is CCn1nnnc1NCc1cc(Br)c(OCc2ccccc2Cl)c(OC)c1. The van der Waals surface area contributed by atoms with E-state index in [1.807, 2.05) is 43.3 Å². The quantitative estimate of drug-likeness (QED) is 0.549. The second-order valence-corrected chi connectivity index (χ2v) is 6.92. The van der Waals surface area contributed by atoms with Gasteiger partial charge in [0.1, 0.15) is 6.61 Å². The minimum absolute atomic E-state index is 0.345. The third kappa shape index (κ3) is 4.70. The van der Waals surface area contributed by atoms with Gasteiger partial charge < -0.3 is 14.8 Å². The maximum atomic E-state index is 6.19. The standard InChI is InChI=1S/C18H19BrClN5O2/c1-3-25-18(22-23-24-25)21-10-12-8-14(19)17(16(9-12)26-2)27-11-13-6-4-5-7-15(13)20/h4-9H,3,10-11H2,1-2H3,(H,21,22,24). The van der Waals surface area contributed by atoms with E-state index in [9.17, 15) is 0 Å². The van der Waals surface area contributed by atoms with E-state index in [2.05, 4.69) is 36.8 Å². The average molecular weight is 453 g/mol. The zero-order chi connectivity index (χ0) is 19.2. The molecule has 0 radical (unpaired) electrons. The Morgan fingerprint density at radius 3 is 2.81 bits per heavy atom. The number of methoxy groups -OCH3 is 1. The zero-order valence-corrected chi connectivity index (χ0v) is 17.3. The average Bonchev–Trinajstić information content (AvgIpc) is 3.14. The van der Waals surface area contributed by atoms with Gasteiger partial charge in [0.05, 0.1) is 11.6 Å². The van der Waals surface area contributed by atoms with E-state index < -0.39 is 0 Å². The summed E-state index contributed by atoms with van der Waals surface area (Å²) in [6.07, 6.45) is 0. The van der Waals surface area contributed by atoms with E-state index in [0.29, 0.717) is 42.2 Å². The third-order valence-electron chi connectivity index (χ3n) is 3.90. The molecule has 1 N–H and O–H groups in total. The molecule has 1 heterocycles. The van der Waals surface area contributed by atoms with Crippen molar-refractivity contribution in [1.29, 1.82) is 0 Å². The van der Waals surface area contributed by atoms with Crippen molar-refractivity contribution in [2.45, 2.75) is 26.6 Å². The van der Waals surface area contributed by atoms with Gasteiger partial charge in [-0.3, -0.25) is 0 Å². The Morgan fingerprint density at radius 1 is 1.26 bits per heavy atom. The molecule has 1 aromatic heterocycles. The monoisotopic (exact) mass is 451 g/mol. The van der Waals surface area contributed by atoms with Crippen LogP contribution in [0.5, 0.6) is 11.5 Å². The number of benzene rings is 2. The topological polar surface area (TPSA) is 74.1 Å². The summed E-state index contributed by atoms with van der Waals surface area (Å²) in [7, 11) is 1.61. The second kappa shape index (κ2) is 9.05. The van der Waals surface area contributed by atoms with E-state index in [1.165, 1.54) is 0 Å². The molecule has 0 bridgehead atoms. The van der Waals surface area contributed by atoms with E-state index >= 15 is 0 Å². The Morgan fingerprint density at radius 2 is 2.07 bits per heavy atom. The molecule has 9 heteroatoms. The summed E-state index contributed by atoms with van der Waals surface area (Å²) in [6.45, 7) is 3.56. The van der Waals surface area contributed by atoms with Crippen LogP contribution in [0.3, 0.4) is 0 Å². The molecular formula is C18H19BrClN5O2. The lowest BCUT2D eigenvalue weighted by atomic mass is 10.2. The summed E-state index contributed by atoms with van der Waals surface area (Å²) in [5.74, 6) is 1.87. The van der Waals surface area contributed by atoms with Crippen LogP contribution in [0.2, 0.25) is 5.02 Å². The number of nitrogens with zero attached hydrogens (tertiary/aromatic N) is 4. The van der Waals surface area contributed by atoms with Crippen molar-refractivity contribution < 1.29 is 9.47 Å². The number of aryl methyl sites for hydroxylation is 1. The normalized spacial score (nSPS) is 10.7. The summed E-state index contributed by atoms with van der Waals surface area (Å²) >= 11 is 9.76. The van der Waals surface area contributed by atoms with Crippen LogP contribution in [0.15, 0.2) is 40.9 Å². The molecule has 2 aromatic carbocycles. The van der Waals surface area contributed by atoms with Crippen molar-refractivity contribution in [2.75, 3.05) is 12.4 Å². The fraction of sp³-hybridized carbons (Fsp3) is 0.278. The zero-order valence-electron chi connectivity index (χ0n) is 14.9. The minimum atomic E-state index is 0.345. The van der Waals surface area contributed by atoms with Gasteiger partial charge in [-0.15, -0.1) is 0 Å². The minimum Gasteiger partial charge on any atom is -0.493 e. The number of anilines is 1. The Balaban J connectivity index is 1.73. The number of halogens is 2. The highest BCUT2D eigenvalue weighted by Crippen LogP contribution is 2.37. The molecule has 3 rings (SSSR count). The number of rotatable bonds is 8.